The monoisotopic (exact) mass is 552 g/mol. The average molecular weight is 554 g/mol. The number of nitrogens with one attached hydrogen (secondary N) is 1. The minimum Gasteiger partial charge on any atom is -0.474 e. The first kappa shape index (κ1) is 29.5. The van der Waals surface area contributed by atoms with Crippen molar-refractivity contribution in [1.29, 1.82) is 0 Å². The fourth-order valence-electron chi connectivity index (χ4n) is 5.28. The Morgan fingerprint density at radius 3 is 2.62 bits per heavy atom. The van der Waals surface area contributed by atoms with E-state index in [9.17, 15) is 9.90 Å². The number of rotatable bonds is 6. The van der Waals surface area contributed by atoms with E-state index in [1.165, 1.54) is 11.1 Å². The summed E-state index contributed by atoms with van der Waals surface area (Å²) in [5.74, 6) is 0.615. The molecule has 2 aromatic rings. The summed E-state index contributed by atoms with van der Waals surface area (Å²) in [7, 11) is 0. The van der Waals surface area contributed by atoms with Crippen molar-refractivity contribution in [2.45, 2.75) is 57.5 Å². The number of pyridine rings is 1. The number of ether oxygens (including phenoxy) is 2. The molecular formula is C27H38Cl2N4O4. The van der Waals surface area contributed by atoms with Gasteiger partial charge in [0.05, 0.1) is 12.6 Å². The lowest BCUT2D eigenvalue weighted by molar-refractivity contribution is 0.0275. The fraction of sp³-hybridized carbons (Fsp3) is 0.556. The van der Waals surface area contributed by atoms with E-state index in [4.69, 9.17) is 9.47 Å². The highest BCUT2D eigenvalue weighted by molar-refractivity contribution is 5.97. The summed E-state index contributed by atoms with van der Waals surface area (Å²) in [6.07, 6.45) is 2.30. The molecule has 5 rings (SSSR count). The maximum atomic E-state index is 13.4. The van der Waals surface area contributed by atoms with E-state index in [0.717, 1.165) is 45.4 Å². The Hall–Kier alpha value is -2.10. The zero-order valence-electron chi connectivity index (χ0n) is 21.5. The molecule has 204 valence electrons. The molecule has 4 heterocycles. The van der Waals surface area contributed by atoms with Gasteiger partial charge in [-0.3, -0.25) is 9.69 Å². The Morgan fingerprint density at radius 1 is 1.14 bits per heavy atom. The van der Waals surface area contributed by atoms with Crippen molar-refractivity contribution < 1.29 is 19.4 Å². The van der Waals surface area contributed by atoms with Crippen molar-refractivity contribution in [3.05, 3.63) is 53.1 Å². The molecule has 0 bridgehead atoms. The molecule has 3 aliphatic heterocycles. The number of β-amino-alcohol motifs (C(OH)–C–C–N with tert-alkyl or cyclic N) is 1. The highest BCUT2D eigenvalue weighted by Gasteiger charge is 2.36. The quantitative estimate of drug-likeness (QED) is 0.569. The molecule has 2 N–H and O–H groups in total. The predicted molar refractivity (Wildman–Crippen MR) is 147 cm³/mol. The number of halogens is 2. The number of amides is 1. The minimum atomic E-state index is -0.656. The van der Waals surface area contributed by atoms with E-state index < -0.39 is 11.7 Å². The van der Waals surface area contributed by atoms with Gasteiger partial charge in [0.15, 0.2) is 0 Å². The van der Waals surface area contributed by atoms with E-state index in [0.29, 0.717) is 30.4 Å². The van der Waals surface area contributed by atoms with Crippen LogP contribution in [0, 0.1) is 0 Å². The number of aliphatic hydroxyl groups is 1. The molecule has 1 fully saturated rings. The number of benzene rings is 1. The second-order valence-corrected chi connectivity index (χ2v) is 10.5. The van der Waals surface area contributed by atoms with Crippen molar-refractivity contribution in [3.63, 3.8) is 0 Å². The van der Waals surface area contributed by atoms with Gasteiger partial charge in [-0.05, 0) is 63.4 Å². The van der Waals surface area contributed by atoms with Gasteiger partial charge in [0.25, 0.3) is 5.91 Å². The lowest BCUT2D eigenvalue weighted by Crippen LogP contribution is -2.48. The second-order valence-electron chi connectivity index (χ2n) is 10.5. The summed E-state index contributed by atoms with van der Waals surface area (Å²) in [6.45, 7) is 8.61. The molecule has 0 aliphatic carbocycles. The summed E-state index contributed by atoms with van der Waals surface area (Å²) in [4.78, 5) is 22.0. The molecule has 1 saturated heterocycles. The van der Waals surface area contributed by atoms with Gasteiger partial charge >= 0.3 is 0 Å². The molecular weight excluding hydrogens is 515 g/mol. The van der Waals surface area contributed by atoms with Crippen LogP contribution in [-0.2, 0) is 13.0 Å². The van der Waals surface area contributed by atoms with E-state index in [1.54, 1.807) is 17.0 Å². The van der Waals surface area contributed by atoms with Gasteiger partial charge in [0, 0.05) is 32.2 Å². The Labute approximate surface area is 231 Å². The molecule has 37 heavy (non-hydrogen) atoms. The molecule has 8 nitrogen and oxygen atoms in total. The number of carbonyl (C=O) groups is 1. The Balaban J connectivity index is 0.00000190. The van der Waals surface area contributed by atoms with Crippen LogP contribution >= 0.6 is 24.8 Å². The number of piperidine rings is 1. The first-order valence-corrected chi connectivity index (χ1v) is 12.7. The van der Waals surface area contributed by atoms with Gasteiger partial charge in [-0.15, -0.1) is 24.8 Å². The Morgan fingerprint density at radius 2 is 1.86 bits per heavy atom. The Bertz CT molecular complexity index is 1060. The number of hydrogen-bond acceptors (Lipinski definition) is 7. The smallest absolute Gasteiger partial charge is 0.259 e. The molecule has 1 amide bonds. The molecule has 1 aromatic heterocycles. The number of aliphatic hydroxyl groups excluding tert-OH is 1. The average Bonchev–Trinajstić information content (AvgIpc) is 2.92. The maximum Gasteiger partial charge on any atom is 0.259 e. The number of hydrogen-bond donors (Lipinski definition) is 2. The van der Waals surface area contributed by atoms with Crippen LogP contribution in [0.1, 0.15) is 48.2 Å². The molecule has 1 atom stereocenters. The lowest BCUT2D eigenvalue weighted by atomic mass is 9.99. The van der Waals surface area contributed by atoms with Crippen LogP contribution in [0.4, 0.5) is 0 Å². The highest BCUT2D eigenvalue weighted by Crippen LogP contribution is 2.30. The molecule has 1 aromatic carbocycles. The van der Waals surface area contributed by atoms with Gasteiger partial charge < -0.3 is 24.8 Å². The SMILES string of the molecule is CC1(C)CN(CC(O)CN2CCc3ccccc3C2)C(=O)c2ccc(OC3CCNCC3)nc2O1.Cl.Cl. The minimum absolute atomic E-state index is 0. The second kappa shape index (κ2) is 12.6. The van der Waals surface area contributed by atoms with Crippen LogP contribution in [0.15, 0.2) is 36.4 Å². The normalized spacial score (nSPS) is 20.3. The van der Waals surface area contributed by atoms with Crippen LogP contribution in [0.25, 0.3) is 0 Å². The third-order valence-electron chi connectivity index (χ3n) is 6.98. The van der Waals surface area contributed by atoms with E-state index >= 15 is 0 Å². The molecule has 0 saturated carbocycles. The van der Waals surface area contributed by atoms with Crippen molar-refractivity contribution in [2.75, 3.05) is 39.3 Å². The predicted octanol–water partition coefficient (Wildman–Crippen LogP) is 3.09. The Kier molecular flexibility index (Phi) is 10.1. The standard InChI is InChI=1S/C27H36N4O4.2ClH/c1-27(2)18-31(17-21(32)16-30-14-11-19-5-3-4-6-20(19)15-30)26(33)23-7-8-24(29-25(23)35-27)34-22-9-12-28-13-10-22;;/h3-8,21-22,28,32H,9-18H2,1-2H3;2*1H. The van der Waals surface area contributed by atoms with Crippen LogP contribution in [-0.4, -0.2) is 82.9 Å². The highest BCUT2D eigenvalue weighted by atomic mass is 35.5. The number of fused-ring (bicyclic) bond motifs is 2. The van der Waals surface area contributed by atoms with Gasteiger partial charge in [-0.25, -0.2) is 0 Å². The van der Waals surface area contributed by atoms with Gasteiger partial charge in [-0.2, -0.15) is 4.98 Å². The number of nitrogens with zero attached hydrogens (tertiary/aromatic N) is 3. The van der Waals surface area contributed by atoms with Gasteiger partial charge in [0.1, 0.15) is 17.3 Å². The van der Waals surface area contributed by atoms with Crippen LogP contribution in [0.3, 0.4) is 0 Å². The van der Waals surface area contributed by atoms with Gasteiger partial charge in [0.2, 0.25) is 11.8 Å². The summed E-state index contributed by atoms with van der Waals surface area (Å²) in [6, 6.07) is 12.0. The lowest BCUT2D eigenvalue weighted by Gasteiger charge is -2.33. The van der Waals surface area contributed by atoms with Gasteiger partial charge in [-0.1, -0.05) is 24.3 Å². The topological polar surface area (TPSA) is 87.2 Å². The largest absolute Gasteiger partial charge is 0.474 e. The van der Waals surface area contributed by atoms with E-state index in [-0.39, 0.29) is 43.4 Å². The molecule has 3 aliphatic rings. The molecule has 0 spiro atoms. The third-order valence-corrected chi connectivity index (χ3v) is 6.98. The number of carbonyl (C=O) groups excluding carboxylic acids is 1. The van der Waals surface area contributed by atoms with Crippen LogP contribution in [0.5, 0.6) is 11.8 Å². The summed E-state index contributed by atoms with van der Waals surface area (Å²) in [5, 5.41) is 14.3. The van der Waals surface area contributed by atoms with Crippen molar-refractivity contribution in [3.8, 4) is 11.8 Å². The van der Waals surface area contributed by atoms with E-state index in [2.05, 4.69) is 39.5 Å². The third kappa shape index (κ3) is 7.27. The maximum absolute atomic E-state index is 13.4. The first-order chi connectivity index (χ1) is 16.9. The summed E-state index contributed by atoms with van der Waals surface area (Å²) in [5.41, 5.74) is 2.46. The number of aromatic nitrogens is 1. The van der Waals surface area contributed by atoms with Crippen molar-refractivity contribution in [1.82, 2.24) is 20.1 Å². The molecule has 10 heteroatoms. The van der Waals surface area contributed by atoms with E-state index in [1.807, 2.05) is 13.8 Å². The summed E-state index contributed by atoms with van der Waals surface area (Å²) >= 11 is 0. The fourth-order valence-corrected chi connectivity index (χ4v) is 5.28. The molecule has 0 radical (unpaired) electrons. The van der Waals surface area contributed by atoms with Crippen molar-refractivity contribution in [2.24, 2.45) is 0 Å². The first-order valence-electron chi connectivity index (χ1n) is 12.7. The molecule has 1 unspecified atom stereocenters. The van der Waals surface area contributed by atoms with Crippen LogP contribution < -0.4 is 14.8 Å². The summed E-state index contributed by atoms with van der Waals surface area (Å²) < 4.78 is 12.3. The zero-order chi connectivity index (χ0) is 24.4. The van der Waals surface area contributed by atoms with Crippen LogP contribution in [0.2, 0.25) is 0 Å². The zero-order valence-corrected chi connectivity index (χ0v) is 23.2. The van der Waals surface area contributed by atoms with Crippen molar-refractivity contribution >= 4 is 30.7 Å².